The lowest BCUT2D eigenvalue weighted by molar-refractivity contribution is 0.135. The van der Waals surface area contributed by atoms with Crippen LogP contribution in [0.5, 0.6) is 0 Å². The first kappa shape index (κ1) is 14.8. The summed E-state index contributed by atoms with van der Waals surface area (Å²) < 4.78 is 0. The molecule has 3 N–H and O–H groups in total. The molecule has 0 aromatic carbocycles. The molecule has 20 heavy (non-hydrogen) atoms. The molecule has 3 nitrogen and oxygen atoms in total. The highest BCUT2D eigenvalue weighted by Crippen LogP contribution is 2.34. The van der Waals surface area contributed by atoms with E-state index in [4.69, 9.17) is 0 Å². The van der Waals surface area contributed by atoms with Gasteiger partial charge >= 0.3 is 0 Å². The van der Waals surface area contributed by atoms with Crippen LogP contribution in [0.15, 0.2) is 0 Å². The lowest BCUT2D eigenvalue weighted by Gasteiger charge is -2.38. The summed E-state index contributed by atoms with van der Waals surface area (Å²) in [6, 6.07) is 2.02. The Morgan fingerprint density at radius 1 is 0.850 bits per heavy atom. The molecule has 5 unspecified atom stereocenters. The van der Waals surface area contributed by atoms with Gasteiger partial charge in [-0.05, 0) is 56.9 Å². The van der Waals surface area contributed by atoms with Crippen molar-refractivity contribution < 1.29 is 5.11 Å². The monoisotopic (exact) mass is 280 g/mol. The fourth-order valence-electron chi connectivity index (χ4n) is 4.84. The standard InChI is InChI=1S/C17H32N2O/c20-12-13-6-1-2-8-15(13)19-17-10-5-7-14(17)16-9-3-4-11-18-16/h13-20H,1-12H2. The van der Waals surface area contributed by atoms with Gasteiger partial charge in [0.25, 0.3) is 0 Å². The van der Waals surface area contributed by atoms with E-state index in [1.54, 1.807) is 0 Å². The molecule has 0 aromatic heterocycles. The van der Waals surface area contributed by atoms with Gasteiger partial charge in [0.15, 0.2) is 0 Å². The number of hydrogen-bond acceptors (Lipinski definition) is 3. The number of aliphatic hydroxyl groups excluding tert-OH is 1. The van der Waals surface area contributed by atoms with Gasteiger partial charge in [-0.1, -0.05) is 25.7 Å². The molecule has 3 aliphatic rings. The Balaban J connectivity index is 1.57. The number of piperidine rings is 1. The van der Waals surface area contributed by atoms with E-state index >= 15 is 0 Å². The van der Waals surface area contributed by atoms with E-state index in [0.29, 0.717) is 24.6 Å². The van der Waals surface area contributed by atoms with E-state index in [1.165, 1.54) is 70.8 Å². The highest BCUT2D eigenvalue weighted by molar-refractivity contribution is 4.95. The Morgan fingerprint density at radius 3 is 2.45 bits per heavy atom. The number of rotatable bonds is 4. The molecule has 116 valence electrons. The molecule has 1 heterocycles. The summed E-state index contributed by atoms with van der Waals surface area (Å²) in [5.74, 6) is 1.33. The van der Waals surface area contributed by atoms with Crippen molar-refractivity contribution in [3.63, 3.8) is 0 Å². The zero-order chi connectivity index (χ0) is 13.8. The van der Waals surface area contributed by atoms with Gasteiger partial charge < -0.3 is 15.7 Å². The molecule has 0 spiro atoms. The summed E-state index contributed by atoms with van der Waals surface area (Å²) >= 11 is 0. The van der Waals surface area contributed by atoms with Crippen LogP contribution in [0.4, 0.5) is 0 Å². The predicted octanol–water partition coefficient (Wildman–Crippen LogP) is 2.44. The minimum Gasteiger partial charge on any atom is -0.396 e. The van der Waals surface area contributed by atoms with E-state index in [9.17, 15) is 5.11 Å². The third-order valence-electron chi connectivity index (χ3n) is 6.01. The van der Waals surface area contributed by atoms with Crippen LogP contribution in [-0.4, -0.2) is 36.4 Å². The van der Waals surface area contributed by atoms with Crippen molar-refractivity contribution in [2.75, 3.05) is 13.2 Å². The van der Waals surface area contributed by atoms with Gasteiger partial charge in [-0.15, -0.1) is 0 Å². The molecular weight excluding hydrogens is 248 g/mol. The summed E-state index contributed by atoms with van der Waals surface area (Å²) in [7, 11) is 0. The lowest BCUT2D eigenvalue weighted by Crippen LogP contribution is -2.51. The Kier molecular flexibility index (Phi) is 5.36. The summed E-state index contributed by atoms with van der Waals surface area (Å²) in [5.41, 5.74) is 0. The van der Waals surface area contributed by atoms with Gasteiger partial charge in [-0.2, -0.15) is 0 Å². The van der Waals surface area contributed by atoms with Gasteiger partial charge in [0, 0.05) is 24.7 Å². The lowest BCUT2D eigenvalue weighted by atomic mass is 9.83. The van der Waals surface area contributed by atoms with Crippen molar-refractivity contribution in [2.24, 2.45) is 11.8 Å². The van der Waals surface area contributed by atoms with Crippen LogP contribution in [0.2, 0.25) is 0 Å². The van der Waals surface area contributed by atoms with E-state index in [0.717, 1.165) is 12.0 Å². The summed E-state index contributed by atoms with van der Waals surface area (Å²) in [5, 5.41) is 17.3. The van der Waals surface area contributed by atoms with Crippen LogP contribution >= 0.6 is 0 Å². The first-order chi connectivity index (χ1) is 9.88. The molecule has 2 aliphatic carbocycles. The maximum Gasteiger partial charge on any atom is 0.0474 e. The van der Waals surface area contributed by atoms with Gasteiger partial charge in [0.2, 0.25) is 0 Å². The molecule has 3 heteroatoms. The second-order valence-electron chi connectivity index (χ2n) is 7.26. The van der Waals surface area contributed by atoms with Crippen molar-refractivity contribution in [3.05, 3.63) is 0 Å². The second kappa shape index (κ2) is 7.24. The summed E-state index contributed by atoms with van der Waals surface area (Å²) in [6.45, 7) is 1.59. The third kappa shape index (κ3) is 3.37. The fourth-order valence-corrected chi connectivity index (χ4v) is 4.84. The van der Waals surface area contributed by atoms with Crippen molar-refractivity contribution in [2.45, 2.75) is 82.3 Å². The zero-order valence-electron chi connectivity index (χ0n) is 12.8. The Morgan fingerprint density at radius 2 is 1.65 bits per heavy atom. The summed E-state index contributed by atoms with van der Waals surface area (Å²) in [6.07, 6.45) is 13.4. The molecule has 3 rings (SSSR count). The molecule has 0 bridgehead atoms. The van der Waals surface area contributed by atoms with Crippen molar-refractivity contribution in [3.8, 4) is 0 Å². The van der Waals surface area contributed by atoms with E-state index in [1.807, 2.05) is 0 Å². The minimum atomic E-state index is 0.372. The molecule has 2 saturated carbocycles. The quantitative estimate of drug-likeness (QED) is 0.741. The molecule has 0 amide bonds. The highest BCUT2D eigenvalue weighted by Gasteiger charge is 2.36. The van der Waals surface area contributed by atoms with Gasteiger partial charge in [-0.25, -0.2) is 0 Å². The molecular formula is C17H32N2O. The normalized spacial score (nSPS) is 42.8. The van der Waals surface area contributed by atoms with E-state index < -0.39 is 0 Å². The minimum absolute atomic E-state index is 0.372. The van der Waals surface area contributed by atoms with Gasteiger partial charge in [0.1, 0.15) is 0 Å². The number of hydrogen-bond donors (Lipinski definition) is 3. The van der Waals surface area contributed by atoms with Crippen LogP contribution in [0.25, 0.3) is 0 Å². The van der Waals surface area contributed by atoms with Crippen molar-refractivity contribution in [1.82, 2.24) is 10.6 Å². The average Bonchev–Trinajstić information content (AvgIpc) is 2.97. The maximum absolute atomic E-state index is 9.60. The van der Waals surface area contributed by atoms with Gasteiger partial charge in [-0.3, -0.25) is 0 Å². The number of aliphatic hydroxyl groups is 1. The number of nitrogens with one attached hydrogen (secondary N) is 2. The van der Waals surface area contributed by atoms with Crippen LogP contribution in [-0.2, 0) is 0 Å². The zero-order valence-corrected chi connectivity index (χ0v) is 12.8. The maximum atomic E-state index is 9.60. The highest BCUT2D eigenvalue weighted by atomic mass is 16.3. The van der Waals surface area contributed by atoms with Crippen LogP contribution in [0, 0.1) is 11.8 Å². The predicted molar refractivity (Wildman–Crippen MR) is 82.7 cm³/mol. The first-order valence-electron chi connectivity index (χ1n) is 8.99. The fraction of sp³-hybridized carbons (Fsp3) is 1.00. The van der Waals surface area contributed by atoms with Crippen LogP contribution in [0.3, 0.4) is 0 Å². The molecule has 3 fully saturated rings. The van der Waals surface area contributed by atoms with E-state index in [-0.39, 0.29) is 0 Å². The van der Waals surface area contributed by atoms with Crippen molar-refractivity contribution in [1.29, 1.82) is 0 Å². The Hall–Kier alpha value is -0.120. The van der Waals surface area contributed by atoms with Crippen LogP contribution in [0.1, 0.15) is 64.2 Å². The van der Waals surface area contributed by atoms with Crippen LogP contribution < -0.4 is 10.6 Å². The first-order valence-corrected chi connectivity index (χ1v) is 8.99. The molecule has 1 aliphatic heterocycles. The van der Waals surface area contributed by atoms with Crippen molar-refractivity contribution >= 4 is 0 Å². The third-order valence-corrected chi connectivity index (χ3v) is 6.01. The Labute approximate surface area is 123 Å². The molecule has 1 saturated heterocycles. The molecule has 0 aromatic rings. The molecule has 0 radical (unpaired) electrons. The van der Waals surface area contributed by atoms with E-state index in [2.05, 4.69) is 10.6 Å². The average molecular weight is 280 g/mol. The summed E-state index contributed by atoms with van der Waals surface area (Å²) in [4.78, 5) is 0. The smallest absolute Gasteiger partial charge is 0.0474 e. The van der Waals surface area contributed by atoms with Gasteiger partial charge in [0.05, 0.1) is 0 Å². The topological polar surface area (TPSA) is 44.3 Å². The second-order valence-corrected chi connectivity index (χ2v) is 7.26. The Bertz CT molecular complexity index is 291. The molecule has 5 atom stereocenters. The SMILES string of the molecule is OCC1CCCCC1NC1CCCC1C1CCCCN1. The largest absolute Gasteiger partial charge is 0.396 e.